The molecule has 0 amide bonds. The Morgan fingerprint density at radius 3 is 2.50 bits per heavy atom. The average molecular weight is 272 g/mol. The van der Waals surface area contributed by atoms with Gasteiger partial charge in [0, 0.05) is 25.2 Å². The minimum atomic E-state index is 0.336. The maximum absolute atomic E-state index is 6.34. The Bertz CT molecular complexity index is 482. The third-order valence-corrected chi connectivity index (χ3v) is 5.56. The topological polar surface area (TPSA) is 29.3 Å². The lowest BCUT2D eigenvalue weighted by molar-refractivity contribution is 0.0419. The number of hydrogen-bond acceptors (Lipinski definition) is 2. The van der Waals surface area contributed by atoms with Crippen LogP contribution in [-0.2, 0) is 0 Å². The minimum absolute atomic E-state index is 0.336. The highest BCUT2D eigenvalue weighted by molar-refractivity contribution is 5.32. The van der Waals surface area contributed by atoms with Gasteiger partial charge in [-0.1, -0.05) is 25.1 Å². The number of nitrogens with two attached hydrogens (primary N) is 1. The van der Waals surface area contributed by atoms with Crippen molar-refractivity contribution < 1.29 is 0 Å². The molecule has 1 heterocycles. The molecular formula is C18H28N2. The highest BCUT2D eigenvalue weighted by Crippen LogP contribution is 2.36. The van der Waals surface area contributed by atoms with Crippen LogP contribution in [0.3, 0.4) is 0 Å². The van der Waals surface area contributed by atoms with Crippen LogP contribution in [0.5, 0.6) is 0 Å². The van der Waals surface area contributed by atoms with E-state index in [1.807, 2.05) is 0 Å². The van der Waals surface area contributed by atoms with Crippen LogP contribution in [0.15, 0.2) is 18.2 Å². The summed E-state index contributed by atoms with van der Waals surface area (Å²) in [6, 6.07) is 8.08. The predicted molar refractivity (Wildman–Crippen MR) is 85.0 cm³/mol. The second-order valence-electron chi connectivity index (χ2n) is 7.11. The van der Waals surface area contributed by atoms with E-state index in [4.69, 9.17) is 5.73 Å². The summed E-state index contributed by atoms with van der Waals surface area (Å²) in [6.45, 7) is 9.09. The third-order valence-electron chi connectivity index (χ3n) is 5.56. The highest BCUT2D eigenvalue weighted by Gasteiger charge is 2.37. The smallest absolute Gasteiger partial charge is 0.0174 e. The summed E-state index contributed by atoms with van der Waals surface area (Å²) in [7, 11) is 0. The van der Waals surface area contributed by atoms with E-state index in [0.29, 0.717) is 12.0 Å². The number of aryl methyl sites for hydroxylation is 2. The van der Waals surface area contributed by atoms with Crippen LogP contribution >= 0.6 is 0 Å². The van der Waals surface area contributed by atoms with Crippen molar-refractivity contribution >= 4 is 0 Å². The van der Waals surface area contributed by atoms with Crippen molar-refractivity contribution in [3.05, 3.63) is 34.9 Å². The van der Waals surface area contributed by atoms with Gasteiger partial charge in [-0.05, 0) is 61.6 Å². The van der Waals surface area contributed by atoms with Gasteiger partial charge in [0.15, 0.2) is 0 Å². The summed E-state index contributed by atoms with van der Waals surface area (Å²) in [6.07, 6.45) is 3.90. The van der Waals surface area contributed by atoms with Gasteiger partial charge < -0.3 is 5.73 Å². The zero-order valence-electron chi connectivity index (χ0n) is 13.1. The molecule has 0 spiro atoms. The van der Waals surface area contributed by atoms with Crippen molar-refractivity contribution in [3.8, 4) is 0 Å². The first-order chi connectivity index (χ1) is 9.54. The van der Waals surface area contributed by atoms with Crippen LogP contribution in [0.25, 0.3) is 0 Å². The van der Waals surface area contributed by atoms with Crippen molar-refractivity contribution in [2.75, 3.05) is 13.1 Å². The summed E-state index contributed by atoms with van der Waals surface area (Å²) >= 11 is 0. The lowest BCUT2D eigenvalue weighted by Gasteiger charge is -2.48. The van der Waals surface area contributed by atoms with Crippen molar-refractivity contribution in [3.63, 3.8) is 0 Å². The van der Waals surface area contributed by atoms with E-state index in [0.717, 1.165) is 24.9 Å². The number of nitrogens with zero attached hydrogens (tertiary/aromatic N) is 1. The van der Waals surface area contributed by atoms with E-state index in [1.54, 1.807) is 0 Å². The molecule has 2 aliphatic rings. The SMILES string of the molecule is Cc1ccc(C2CC(N)CN(C3CCC3C)C2)cc1C. The van der Waals surface area contributed by atoms with Crippen LogP contribution < -0.4 is 5.73 Å². The molecule has 1 saturated carbocycles. The molecule has 1 aliphatic carbocycles. The van der Waals surface area contributed by atoms with E-state index in [2.05, 4.69) is 43.9 Å². The zero-order chi connectivity index (χ0) is 14.3. The quantitative estimate of drug-likeness (QED) is 0.895. The van der Waals surface area contributed by atoms with Crippen molar-refractivity contribution in [1.29, 1.82) is 0 Å². The molecule has 2 fully saturated rings. The molecule has 2 nitrogen and oxygen atoms in total. The van der Waals surface area contributed by atoms with E-state index in [1.165, 1.54) is 36.1 Å². The Morgan fingerprint density at radius 2 is 1.90 bits per heavy atom. The van der Waals surface area contributed by atoms with E-state index < -0.39 is 0 Å². The van der Waals surface area contributed by atoms with Gasteiger partial charge in [-0.25, -0.2) is 0 Å². The standard InChI is InChI=1S/C18H28N2/c1-12-4-6-15(8-14(12)3)16-9-17(19)11-20(10-16)18-7-5-13(18)2/h4,6,8,13,16-18H,5,7,9-11,19H2,1-3H3. The van der Waals surface area contributed by atoms with E-state index in [9.17, 15) is 0 Å². The Balaban J connectivity index is 1.76. The molecule has 2 N–H and O–H groups in total. The predicted octanol–water partition coefficient (Wildman–Crippen LogP) is 3.22. The van der Waals surface area contributed by atoms with Gasteiger partial charge in [-0.15, -0.1) is 0 Å². The molecule has 1 aromatic carbocycles. The van der Waals surface area contributed by atoms with Gasteiger partial charge in [0.05, 0.1) is 0 Å². The Labute approximate surface area is 123 Å². The largest absolute Gasteiger partial charge is 0.327 e. The summed E-state index contributed by atoms with van der Waals surface area (Å²) in [5.74, 6) is 1.48. The number of piperidine rings is 1. The summed E-state index contributed by atoms with van der Waals surface area (Å²) in [4.78, 5) is 2.67. The van der Waals surface area contributed by atoms with Crippen LogP contribution in [0, 0.1) is 19.8 Å². The first-order valence-corrected chi connectivity index (χ1v) is 8.11. The monoisotopic (exact) mass is 272 g/mol. The fourth-order valence-electron chi connectivity index (χ4n) is 3.90. The lowest BCUT2D eigenvalue weighted by atomic mass is 9.77. The minimum Gasteiger partial charge on any atom is -0.327 e. The van der Waals surface area contributed by atoms with Crippen molar-refractivity contribution in [1.82, 2.24) is 4.90 Å². The van der Waals surface area contributed by atoms with E-state index >= 15 is 0 Å². The van der Waals surface area contributed by atoms with Crippen molar-refractivity contribution in [2.45, 2.75) is 58.0 Å². The number of rotatable bonds is 2. The zero-order valence-corrected chi connectivity index (χ0v) is 13.1. The Hall–Kier alpha value is -0.860. The molecule has 4 atom stereocenters. The molecule has 20 heavy (non-hydrogen) atoms. The van der Waals surface area contributed by atoms with Gasteiger partial charge in [-0.3, -0.25) is 4.90 Å². The normalized spacial score (nSPS) is 34.8. The van der Waals surface area contributed by atoms with Gasteiger partial charge in [0.1, 0.15) is 0 Å². The van der Waals surface area contributed by atoms with Gasteiger partial charge in [0.2, 0.25) is 0 Å². The summed E-state index contributed by atoms with van der Waals surface area (Å²) < 4.78 is 0. The molecule has 110 valence electrons. The van der Waals surface area contributed by atoms with Gasteiger partial charge >= 0.3 is 0 Å². The Morgan fingerprint density at radius 1 is 1.10 bits per heavy atom. The van der Waals surface area contributed by atoms with Crippen molar-refractivity contribution in [2.24, 2.45) is 11.7 Å². The molecule has 1 saturated heterocycles. The molecule has 1 aromatic rings. The molecule has 0 radical (unpaired) electrons. The van der Waals surface area contributed by atoms with Gasteiger partial charge in [-0.2, -0.15) is 0 Å². The molecule has 1 aliphatic heterocycles. The molecule has 2 heteroatoms. The second-order valence-corrected chi connectivity index (χ2v) is 7.11. The van der Waals surface area contributed by atoms with Crippen LogP contribution in [0.4, 0.5) is 0 Å². The van der Waals surface area contributed by atoms with Crippen LogP contribution in [0.2, 0.25) is 0 Å². The molecule has 4 unspecified atom stereocenters. The third kappa shape index (κ3) is 2.64. The Kier molecular flexibility index (Phi) is 3.87. The summed E-state index contributed by atoms with van der Waals surface area (Å²) in [5, 5.41) is 0. The number of hydrogen-bond donors (Lipinski definition) is 1. The maximum atomic E-state index is 6.34. The van der Waals surface area contributed by atoms with E-state index in [-0.39, 0.29) is 0 Å². The number of benzene rings is 1. The summed E-state index contributed by atoms with van der Waals surface area (Å²) in [5.41, 5.74) is 10.6. The maximum Gasteiger partial charge on any atom is 0.0174 e. The fraction of sp³-hybridized carbons (Fsp3) is 0.667. The first-order valence-electron chi connectivity index (χ1n) is 8.11. The molecule has 0 bridgehead atoms. The first kappa shape index (κ1) is 14.1. The van der Waals surface area contributed by atoms with Crippen LogP contribution in [0.1, 0.15) is 48.8 Å². The molecule has 3 rings (SSSR count). The molecular weight excluding hydrogens is 244 g/mol. The average Bonchev–Trinajstić information content (AvgIpc) is 2.39. The fourth-order valence-corrected chi connectivity index (χ4v) is 3.90. The highest BCUT2D eigenvalue weighted by atomic mass is 15.2. The van der Waals surface area contributed by atoms with Crippen LogP contribution in [-0.4, -0.2) is 30.1 Å². The number of likely N-dealkylation sites (tertiary alicyclic amines) is 1. The second kappa shape index (κ2) is 5.50. The van der Waals surface area contributed by atoms with Gasteiger partial charge in [0.25, 0.3) is 0 Å². The lowest BCUT2D eigenvalue weighted by Crippen LogP contribution is -2.55. The molecule has 0 aromatic heterocycles.